The van der Waals surface area contributed by atoms with Crippen LogP contribution < -0.4 is 0 Å². The van der Waals surface area contributed by atoms with Gasteiger partial charge in [-0.15, -0.1) is 11.3 Å². The third kappa shape index (κ3) is 3.19. The summed E-state index contributed by atoms with van der Waals surface area (Å²) in [6.07, 6.45) is 5.62. The predicted molar refractivity (Wildman–Crippen MR) is 90.5 cm³/mol. The lowest BCUT2D eigenvalue weighted by Gasteiger charge is -2.34. The molecule has 6 heteroatoms. The molecule has 1 saturated heterocycles. The first kappa shape index (κ1) is 16.2. The lowest BCUT2D eigenvalue weighted by atomic mass is 9.91. The number of hydrogen-bond donors (Lipinski definition) is 1. The summed E-state index contributed by atoms with van der Waals surface area (Å²) >= 11 is 1.52. The smallest absolute Gasteiger partial charge is 0.264 e. The number of likely N-dealkylation sites (tertiary alicyclic amines) is 1. The van der Waals surface area contributed by atoms with Crippen molar-refractivity contribution in [2.45, 2.75) is 32.3 Å². The number of nitrogens with zero attached hydrogens (tertiary/aromatic N) is 3. The zero-order valence-electron chi connectivity index (χ0n) is 13.6. The molecule has 3 heterocycles. The zero-order chi connectivity index (χ0) is 16.4. The Morgan fingerprint density at radius 2 is 2.39 bits per heavy atom. The molecule has 0 spiro atoms. The fraction of sp³-hybridized carbons (Fsp3) is 0.529. The molecular formula is C17H23N3O2S. The van der Waals surface area contributed by atoms with Crippen molar-refractivity contribution in [3.63, 3.8) is 0 Å². The maximum atomic E-state index is 12.8. The Morgan fingerprint density at radius 3 is 3.09 bits per heavy atom. The van der Waals surface area contributed by atoms with Crippen molar-refractivity contribution < 1.29 is 9.90 Å². The van der Waals surface area contributed by atoms with Crippen LogP contribution in [0, 0.1) is 5.92 Å². The van der Waals surface area contributed by atoms with Crippen LogP contribution in [0.5, 0.6) is 0 Å². The van der Waals surface area contributed by atoms with Gasteiger partial charge in [0.15, 0.2) is 0 Å². The van der Waals surface area contributed by atoms with Gasteiger partial charge in [-0.25, -0.2) is 4.98 Å². The maximum absolute atomic E-state index is 12.8. The van der Waals surface area contributed by atoms with E-state index in [0.717, 1.165) is 36.2 Å². The lowest BCUT2D eigenvalue weighted by Crippen LogP contribution is -2.42. The summed E-state index contributed by atoms with van der Waals surface area (Å²) in [7, 11) is 1.89. The molecular weight excluding hydrogens is 310 g/mol. The largest absolute Gasteiger partial charge is 0.385 e. The Morgan fingerprint density at radius 1 is 1.57 bits per heavy atom. The molecule has 0 aromatic carbocycles. The molecule has 2 atom stereocenters. The molecule has 1 N–H and O–H groups in total. The van der Waals surface area contributed by atoms with Crippen LogP contribution in [-0.4, -0.2) is 38.6 Å². The van der Waals surface area contributed by atoms with Crippen molar-refractivity contribution in [2.75, 3.05) is 13.1 Å². The standard InChI is InChI=1S/C17H23N3O2S/c1-3-12-6-10-23-15(12)17(22)20-8-4-5-13(11-20)14(21)16-18-7-9-19(16)2/h6-7,9-10,13-14,21H,3-5,8,11H2,1-2H3. The van der Waals surface area contributed by atoms with Gasteiger partial charge in [0, 0.05) is 38.4 Å². The van der Waals surface area contributed by atoms with Gasteiger partial charge in [-0.3, -0.25) is 4.79 Å². The van der Waals surface area contributed by atoms with Crippen LogP contribution in [0.3, 0.4) is 0 Å². The first-order valence-corrected chi connectivity index (χ1v) is 9.00. The van der Waals surface area contributed by atoms with Gasteiger partial charge in [-0.2, -0.15) is 0 Å². The molecule has 2 aromatic heterocycles. The Kier molecular flexibility index (Phi) is 4.82. The van der Waals surface area contributed by atoms with E-state index < -0.39 is 6.10 Å². The SMILES string of the molecule is CCc1ccsc1C(=O)N1CCCC(C(O)c2nccn2C)C1. The lowest BCUT2D eigenvalue weighted by molar-refractivity contribution is 0.0360. The van der Waals surface area contributed by atoms with E-state index in [4.69, 9.17) is 0 Å². The number of imidazole rings is 1. The first-order chi connectivity index (χ1) is 11.1. The van der Waals surface area contributed by atoms with Gasteiger partial charge in [0.2, 0.25) is 0 Å². The van der Waals surface area contributed by atoms with E-state index >= 15 is 0 Å². The molecule has 0 aliphatic carbocycles. The molecule has 1 amide bonds. The molecule has 0 radical (unpaired) electrons. The number of hydrogen-bond acceptors (Lipinski definition) is 4. The van der Waals surface area contributed by atoms with Crippen LogP contribution in [0.15, 0.2) is 23.8 Å². The molecule has 23 heavy (non-hydrogen) atoms. The minimum absolute atomic E-state index is 0.0406. The Bertz CT molecular complexity index is 679. The van der Waals surface area contributed by atoms with E-state index in [1.54, 1.807) is 6.20 Å². The number of aromatic nitrogens is 2. The highest BCUT2D eigenvalue weighted by molar-refractivity contribution is 7.12. The normalized spacial score (nSPS) is 19.8. The summed E-state index contributed by atoms with van der Waals surface area (Å²) in [5, 5.41) is 12.6. The molecule has 1 aliphatic rings. The number of aliphatic hydroxyl groups is 1. The van der Waals surface area contributed by atoms with Crippen molar-refractivity contribution >= 4 is 17.2 Å². The van der Waals surface area contributed by atoms with E-state index in [0.29, 0.717) is 12.4 Å². The highest BCUT2D eigenvalue weighted by Gasteiger charge is 2.32. The summed E-state index contributed by atoms with van der Waals surface area (Å²) in [5.41, 5.74) is 1.12. The second-order valence-corrected chi connectivity index (χ2v) is 7.04. The number of thiophene rings is 1. The van der Waals surface area contributed by atoms with Gasteiger partial charge in [0.25, 0.3) is 5.91 Å². The van der Waals surface area contributed by atoms with Crippen LogP contribution in [0.4, 0.5) is 0 Å². The molecule has 0 saturated carbocycles. The second kappa shape index (κ2) is 6.84. The van der Waals surface area contributed by atoms with E-state index in [-0.39, 0.29) is 11.8 Å². The fourth-order valence-electron chi connectivity index (χ4n) is 3.27. The average Bonchev–Trinajstić information content (AvgIpc) is 3.22. The van der Waals surface area contributed by atoms with Crippen molar-refractivity contribution in [3.05, 3.63) is 40.1 Å². The predicted octanol–water partition coefficient (Wildman–Crippen LogP) is 2.63. The van der Waals surface area contributed by atoms with Gasteiger partial charge >= 0.3 is 0 Å². The quantitative estimate of drug-likeness (QED) is 0.936. The summed E-state index contributed by atoms with van der Waals surface area (Å²) in [6.45, 7) is 3.43. The number of carbonyl (C=O) groups excluding carboxylic acids is 1. The van der Waals surface area contributed by atoms with Gasteiger partial charge in [0.1, 0.15) is 11.9 Å². The van der Waals surface area contributed by atoms with Crippen molar-refractivity contribution in [3.8, 4) is 0 Å². The Labute approximate surface area is 140 Å². The summed E-state index contributed by atoms with van der Waals surface area (Å²) in [4.78, 5) is 19.8. The monoisotopic (exact) mass is 333 g/mol. The number of carbonyl (C=O) groups is 1. The molecule has 3 rings (SSSR count). The molecule has 1 aliphatic heterocycles. The number of amides is 1. The highest BCUT2D eigenvalue weighted by Crippen LogP contribution is 2.30. The van der Waals surface area contributed by atoms with Crippen molar-refractivity contribution in [2.24, 2.45) is 13.0 Å². The molecule has 124 valence electrons. The van der Waals surface area contributed by atoms with Gasteiger partial charge < -0.3 is 14.6 Å². The van der Waals surface area contributed by atoms with E-state index in [2.05, 4.69) is 11.9 Å². The minimum Gasteiger partial charge on any atom is -0.385 e. The Balaban J connectivity index is 1.73. The molecule has 2 aromatic rings. The summed E-state index contributed by atoms with van der Waals surface area (Å²) in [6, 6.07) is 2.03. The zero-order valence-corrected chi connectivity index (χ0v) is 14.4. The third-order valence-corrected chi connectivity index (χ3v) is 5.58. The molecule has 1 fully saturated rings. The molecule has 2 unspecified atom stereocenters. The number of piperidine rings is 1. The van der Waals surface area contributed by atoms with Gasteiger partial charge in [-0.1, -0.05) is 6.92 Å². The van der Waals surface area contributed by atoms with E-state index in [1.807, 2.05) is 34.2 Å². The Hall–Kier alpha value is -1.66. The summed E-state index contributed by atoms with van der Waals surface area (Å²) < 4.78 is 1.85. The second-order valence-electron chi connectivity index (χ2n) is 6.12. The average molecular weight is 333 g/mol. The maximum Gasteiger partial charge on any atom is 0.264 e. The van der Waals surface area contributed by atoms with E-state index in [9.17, 15) is 9.90 Å². The highest BCUT2D eigenvalue weighted by atomic mass is 32.1. The van der Waals surface area contributed by atoms with Crippen LogP contribution in [-0.2, 0) is 13.5 Å². The van der Waals surface area contributed by atoms with Crippen LogP contribution in [0.25, 0.3) is 0 Å². The van der Waals surface area contributed by atoms with Crippen molar-refractivity contribution in [1.29, 1.82) is 0 Å². The van der Waals surface area contributed by atoms with Crippen LogP contribution in [0.2, 0.25) is 0 Å². The number of aryl methyl sites for hydroxylation is 2. The summed E-state index contributed by atoms with van der Waals surface area (Å²) in [5.74, 6) is 0.821. The third-order valence-electron chi connectivity index (χ3n) is 4.64. The topological polar surface area (TPSA) is 58.4 Å². The van der Waals surface area contributed by atoms with Crippen LogP contribution in [0.1, 0.15) is 46.9 Å². The van der Waals surface area contributed by atoms with Gasteiger partial charge in [0.05, 0.1) is 4.88 Å². The van der Waals surface area contributed by atoms with Gasteiger partial charge in [-0.05, 0) is 36.3 Å². The first-order valence-electron chi connectivity index (χ1n) is 8.12. The number of rotatable bonds is 4. The van der Waals surface area contributed by atoms with E-state index in [1.165, 1.54) is 11.3 Å². The minimum atomic E-state index is -0.625. The fourth-order valence-corrected chi connectivity index (χ4v) is 4.23. The molecule has 0 bridgehead atoms. The van der Waals surface area contributed by atoms with Crippen molar-refractivity contribution in [1.82, 2.24) is 14.5 Å². The number of aliphatic hydroxyl groups excluding tert-OH is 1. The molecule has 5 nitrogen and oxygen atoms in total. The van der Waals surface area contributed by atoms with Crippen LogP contribution >= 0.6 is 11.3 Å².